The molecule has 35 heavy (non-hydrogen) atoms. The number of benzene rings is 1. The summed E-state index contributed by atoms with van der Waals surface area (Å²) >= 11 is 5.97. The Labute approximate surface area is 208 Å². The van der Waals surface area contributed by atoms with Crippen LogP contribution in [0.15, 0.2) is 41.3 Å². The Balaban J connectivity index is 1.50. The summed E-state index contributed by atoms with van der Waals surface area (Å²) in [6.45, 7) is 3.98. The number of aryl methyl sites for hydroxylation is 1. The van der Waals surface area contributed by atoms with Crippen molar-refractivity contribution >= 4 is 28.2 Å². The molecule has 2 saturated heterocycles. The highest BCUT2D eigenvalue weighted by Gasteiger charge is 2.40. The second-order valence-corrected chi connectivity index (χ2v) is 9.78. The number of fused-ring (bicyclic) bond motifs is 1. The molecule has 4 heterocycles. The molecule has 8 nitrogen and oxygen atoms in total. The average Bonchev–Trinajstić information content (AvgIpc) is 2.84. The van der Waals surface area contributed by atoms with Gasteiger partial charge in [-0.05, 0) is 31.0 Å². The molecule has 0 saturated carbocycles. The third-order valence-corrected chi connectivity index (χ3v) is 7.53. The number of anilines is 1. The molecule has 0 amide bonds. The minimum atomic E-state index is -0.960. The Morgan fingerprint density at radius 2 is 2.03 bits per heavy atom. The van der Waals surface area contributed by atoms with Crippen molar-refractivity contribution in [1.82, 2.24) is 9.55 Å². The molecule has 5 rings (SSSR count). The Kier molecular flexibility index (Phi) is 6.18. The maximum atomic E-state index is 13.2. The fourth-order valence-electron chi connectivity index (χ4n) is 5.02. The fraction of sp³-hybridized carbons (Fsp3) is 0.423. The van der Waals surface area contributed by atoms with Crippen LogP contribution in [0.5, 0.6) is 5.75 Å². The van der Waals surface area contributed by atoms with E-state index in [0.29, 0.717) is 61.1 Å². The number of para-hydroxylation sites is 1. The topological polar surface area (TPSA) is 101 Å². The number of nitriles is 1. The van der Waals surface area contributed by atoms with E-state index >= 15 is 0 Å². The van der Waals surface area contributed by atoms with Crippen LogP contribution in [-0.2, 0) is 11.8 Å². The summed E-state index contributed by atoms with van der Waals surface area (Å²) in [5, 5.41) is 22.7. The molecule has 2 aliphatic heterocycles. The largest absolute Gasteiger partial charge is 0.483 e. The zero-order chi connectivity index (χ0) is 24.7. The van der Waals surface area contributed by atoms with Gasteiger partial charge in [0.1, 0.15) is 23.5 Å². The summed E-state index contributed by atoms with van der Waals surface area (Å²) in [6, 6.07) is 11.4. The first kappa shape index (κ1) is 23.6. The van der Waals surface area contributed by atoms with E-state index in [0.717, 1.165) is 11.1 Å². The van der Waals surface area contributed by atoms with Crippen molar-refractivity contribution in [3.05, 3.63) is 63.2 Å². The molecule has 2 aromatic heterocycles. The van der Waals surface area contributed by atoms with Gasteiger partial charge < -0.3 is 24.0 Å². The Bertz CT molecular complexity index is 1350. The van der Waals surface area contributed by atoms with Gasteiger partial charge in [0.15, 0.2) is 0 Å². The lowest BCUT2D eigenvalue weighted by molar-refractivity contribution is -0.0792. The summed E-state index contributed by atoms with van der Waals surface area (Å²) in [7, 11) is 1.66. The highest BCUT2D eigenvalue weighted by Crippen LogP contribution is 2.40. The molecule has 182 valence electrons. The Morgan fingerprint density at radius 1 is 1.29 bits per heavy atom. The zero-order valence-corrected chi connectivity index (χ0v) is 20.5. The molecule has 1 N–H and O–H groups in total. The third kappa shape index (κ3) is 4.14. The number of hydrogen-bond acceptors (Lipinski definition) is 7. The van der Waals surface area contributed by atoms with Crippen LogP contribution >= 0.6 is 11.6 Å². The van der Waals surface area contributed by atoms with E-state index in [1.165, 1.54) is 4.57 Å². The number of rotatable bonds is 5. The number of hydrogen-bond donors (Lipinski definition) is 1. The minimum absolute atomic E-state index is 0.0530. The van der Waals surface area contributed by atoms with Gasteiger partial charge in [0, 0.05) is 43.3 Å². The standard InChI is InChI=1S/C26H27ClN4O4/c1-16(21-7-6-17(27)13-29-21)26(33)8-10-31(11-9-26)23-19-4-3-5-22(35-18-14-34-15-18)24(19)30(2)25(32)20(23)12-28/h3-7,13,16,18,33H,8-11,14-15H2,1-2H3. The average molecular weight is 495 g/mol. The number of nitrogens with zero attached hydrogens (tertiary/aromatic N) is 4. The number of piperidine rings is 1. The number of pyridine rings is 2. The SMILES string of the molecule is CC(c1ccc(Cl)cn1)C1(O)CCN(c2c(C#N)c(=O)n(C)c3c(OC4COC4)cccc23)CC1. The van der Waals surface area contributed by atoms with Gasteiger partial charge in [-0.2, -0.15) is 5.26 Å². The second-order valence-electron chi connectivity index (χ2n) is 9.34. The smallest absolute Gasteiger partial charge is 0.270 e. The molecule has 2 fully saturated rings. The molecule has 1 unspecified atom stereocenters. The molecule has 1 atom stereocenters. The van der Waals surface area contributed by atoms with Crippen molar-refractivity contribution in [2.24, 2.45) is 7.05 Å². The van der Waals surface area contributed by atoms with Crippen LogP contribution in [0.4, 0.5) is 5.69 Å². The summed E-state index contributed by atoms with van der Waals surface area (Å²) in [4.78, 5) is 19.6. The van der Waals surface area contributed by atoms with E-state index in [9.17, 15) is 15.2 Å². The van der Waals surface area contributed by atoms with Crippen LogP contribution in [-0.4, -0.2) is 52.7 Å². The van der Waals surface area contributed by atoms with E-state index < -0.39 is 5.60 Å². The summed E-state index contributed by atoms with van der Waals surface area (Å²) in [5.41, 5.74) is 0.803. The van der Waals surface area contributed by atoms with Gasteiger partial charge in [-0.3, -0.25) is 9.78 Å². The first-order valence-corrected chi connectivity index (χ1v) is 12.1. The first-order chi connectivity index (χ1) is 16.8. The number of halogens is 1. The van der Waals surface area contributed by atoms with Crippen LogP contribution in [0.2, 0.25) is 5.02 Å². The summed E-state index contributed by atoms with van der Waals surface area (Å²) in [5.74, 6) is 0.402. The van der Waals surface area contributed by atoms with Gasteiger partial charge >= 0.3 is 0 Å². The van der Waals surface area contributed by atoms with Crippen molar-refractivity contribution in [2.45, 2.75) is 37.4 Å². The Hall–Kier alpha value is -3.12. The van der Waals surface area contributed by atoms with Crippen molar-refractivity contribution in [3.8, 4) is 11.8 Å². The predicted octanol–water partition coefficient (Wildman–Crippen LogP) is 3.37. The normalized spacial score (nSPS) is 18.7. The minimum Gasteiger partial charge on any atom is -0.483 e. The van der Waals surface area contributed by atoms with Crippen LogP contribution in [0, 0.1) is 11.3 Å². The van der Waals surface area contributed by atoms with Gasteiger partial charge in [0.2, 0.25) is 0 Å². The van der Waals surface area contributed by atoms with Crippen molar-refractivity contribution in [3.63, 3.8) is 0 Å². The maximum absolute atomic E-state index is 13.2. The fourth-order valence-corrected chi connectivity index (χ4v) is 5.13. The molecule has 9 heteroatoms. The molecule has 0 bridgehead atoms. The predicted molar refractivity (Wildman–Crippen MR) is 133 cm³/mol. The maximum Gasteiger partial charge on any atom is 0.270 e. The van der Waals surface area contributed by atoms with Crippen LogP contribution in [0.3, 0.4) is 0 Å². The van der Waals surface area contributed by atoms with E-state index in [1.807, 2.05) is 36.1 Å². The van der Waals surface area contributed by atoms with Gasteiger partial charge in [0.25, 0.3) is 5.56 Å². The van der Waals surface area contributed by atoms with Crippen molar-refractivity contribution in [1.29, 1.82) is 5.26 Å². The van der Waals surface area contributed by atoms with Gasteiger partial charge in [-0.1, -0.05) is 30.7 Å². The van der Waals surface area contributed by atoms with E-state index in [-0.39, 0.29) is 23.1 Å². The van der Waals surface area contributed by atoms with Crippen molar-refractivity contribution in [2.75, 3.05) is 31.2 Å². The van der Waals surface area contributed by atoms with Crippen LogP contribution < -0.4 is 15.2 Å². The van der Waals surface area contributed by atoms with Gasteiger partial charge in [-0.25, -0.2) is 0 Å². The highest BCUT2D eigenvalue weighted by molar-refractivity contribution is 6.30. The molecule has 3 aromatic rings. The third-order valence-electron chi connectivity index (χ3n) is 7.30. The Morgan fingerprint density at radius 3 is 2.63 bits per heavy atom. The molecule has 2 aliphatic rings. The molecular weight excluding hydrogens is 468 g/mol. The molecule has 1 aromatic carbocycles. The number of aromatic nitrogens is 2. The lowest BCUT2D eigenvalue weighted by Crippen LogP contribution is -2.48. The lowest BCUT2D eigenvalue weighted by atomic mass is 9.78. The van der Waals surface area contributed by atoms with Gasteiger partial charge in [-0.15, -0.1) is 0 Å². The zero-order valence-electron chi connectivity index (χ0n) is 19.7. The van der Waals surface area contributed by atoms with Crippen LogP contribution in [0.25, 0.3) is 10.9 Å². The van der Waals surface area contributed by atoms with Gasteiger partial charge in [0.05, 0.1) is 35.0 Å². The second kappa shape index (κ2) is 9.15. The lowest BCUT2D eigenvalue weighted by Gasteiger charge is -2.43. The van der Waals surface area contributed by atoms with E-state index in [1.54, 1.807) is 19.3 Å². The number of aliphatic hydroxyl groups is 1. The molecular formula is C26H27ClN4O4. The molecule has 0 radical (unpaired) electrons. The quantitative estimate of drug-likeness (QED) is 0.580. The highest BCUT2D eigenvalue weighted by atomic mass is 35.5. The molecule has 0 spiro atoms. The first-order valence-electron chi connectivity index (χ1n) is 11.7. The summed E-state index contributed by atoms with van der Waals surface area (Å²) in [6.07, 6.45) is 2.47. The van der Waals surface area contributed by atoms with E-state index in [4.69, 9.17) is 21.1 Å². The van der Waals surface area contributed by atoms with E-state index in [2.05, 4.69) is 11.1 Å². The number of ether oxygens (including phenoxy) is 2. The monoisotopic (exact) mass is 494 g/mol. The van der Waals surface area contributed by atoms with Crippen LogP contribution in [0.1, 0.15) is 36.9 Å². The van der Waals surface area contributed by atoms with Crippen molar-refractivity contribution < 1.29 is 14.6 Å². The molecule has 0 aliphatic carbocycles. The summed E-state index contributed by atoms with van der Waals surface area (Å²) < 4.78 is 12.8.